The van der Waals surface area contributed by atoms with Gasteiger partial charge in [0.15, 0.2) is 0 Å². The van der Waals surface area contributed by atoms with Crippen LogP contribution in [-0.4, -0.2) is 48.2 Å². The Morgan fingerprint density at radius 1 is 1.62 bits per heavy atom. The molecule has 6 nitrogen and oxygen atoms in total. The normalized spacial score (nSPS) is 18.6. The first-order valence-electron chi connectivity index (χ1n) is 7.81. The summed E-state index contributed by atoms with van der Waals surface area (Å²) in [5.41, 5.74) is 0.857. The van der Waals surface area contributed by atoms with E-state index in [9.17, 15) is 4.79 Å². The molecule has 118 valence electrons. The van der Waals surface area contributed by atoms with Crippen molar-refractivity contribution in [3.8, 4) is 0 Å². The van der Waals surface area contributed by atoms with E-state index in [1.807, 2.05) is 13.8 Å². The molecule has 0 bridgehead atoms. The van der Waals surface area contributed by atoms with Gasteiger partial charge in [0.25, 0.3) is 0 Å². The van der Waals surface area contributed by atoms with E-state index in [-0.39, 0.29) is 5.91 Å². The van der Waals surface area contributed by atoms with Gasteiger partial charge in [0, 0.05) is 18.7 Å². The van der Waals surface area contributed by atoms with Gasteiger partial charge >= 0.3 is 0 Å². The molecular formula is C15H26N4O2. The molecule has 1 amide bonds. The van der Waals surface area contributed by atoms with Crippen LogP contribution in [0.4, 0.5) is 5.88 Å². The Morgan fingerprint density at radius 2 is 2.43 bits per heavy atom. The van der Waals surface area contributed by atoms with Crippen molar-refractivity contribution in [2.45, 2.75) is 45.6 Å². The molecule has 1 aromatic heterocycles. The molecule has 1 unspecified atom stereocenters. The molecule has 1 aliphatic rings. The number of rotatable bonds is 7. The highest BCUT2D eigenvalue weighted by molar-refractivity contribution is 5.91. The fourth-order valence-electron chi connectivity index (χ4n) is 2.61. The van der Waals surface area contributed by atoms with Gasteiger partial charge < -0.3 is 9.84 Å². The Hall–Kier alpha value is -1.40. The third-order valence-electron chi connectivity index (χ3n) is 3.79. The molecule has 21 heavy (non-hydrogen) atoms. The molecule has 0 radical (unpaired) electrons. The summed E-state index contributed by atoms with van der Waals surface area (Å²) in [6.07, 6.45) is 2.15. The fraction of sp³-hybridized carbons (Fsp3) is 0.733. The molecule has 2 rings (SSSR count). The molecule has 0 saturated carbocycles. The lowest BCUT2D eigenvalue weighted by Gasteiger charge is -2.26. The zero-order chi connectivity index (χ0) is 15.2. The number of amides is 1. The van der Waals surface area contributed by atoms with Crippen molar-refractivity contribution in [3.63, 3.8) is 0 Å². The predicted molar refractivity (Wildman–Crippen MR) is 82.4 cm³/mol. The molecule has 1 saturated heterocycles. The van der Waals surface area contributed by atoms with Crippen molar-refractivity contribution in [2.75, 3.05) is 31.5 Å². The van der Waals surface area contributed by atoms with E-state index in [1.54, 1.807) is 6.07 Å². The molecule has 0 aliphatic carbocycles. The minimum Gasteiger partial charge on any atom is -0.338 e. The minimum absolute atomic E-state index is 0.0400. The lowest BCUT2D eigenvalue weighted by molar-refractivity contribution is -0.117. The first-order valence-corrected chi connectivity index (χ1v) is 7.81. The highest BCUT2D eigenvalue weighted by Crippen LogP contribution is 2.17. The maximum atomic E-state index is 12.2. The number of nitrogens with zero attached hydrogens (tertiary/aromatic N) is 2. The third-order valence-corrected chi connectivity index (χ3v) is 3.79. The summed E-state index contributed by atoms with van der Waals surface area (Å²) in [4.78, 5) is 14.4. The molecule has 2 N–H and O–H groups in total. The van der Waals surface area contributed by atoms with E-state index in [1.165, 1.54) is 0 Å². The number of nitrogens with one attached hydrogen (secondary N) is 2. The van der Waals surface area contributed by atoms with Crippen LogP contribution in [0.1, 0.15) is 45.2 Å². The Morgan fingerprint density at radius 3 is 3.00 bits per heavy atom. The van der Waals surface area contributed by atoms with E-state index < -0.39 is 0 Å². The molecule has 2 heterocycles. The maximum Gasteiger partial charge on any atom is 0.240 e. The molecule has 0 spiro atoms. The first kappa shape index (κ1) is 16.0. The zero-order valence-corrected chi connectivity index (χ0v) is 13.2. The van der Waals surface area contributed by atoms with Crippen molar-refractivity contribution < 1.29 is 9.32 Å². The molecule has 6 heteroatoms. The number of anilines is 1. The van der Waals surface area contributed by atoms with Gasteiger partial charge in [-0.25, -0.2) is 0 Å². The summed E-state index contributed by atoms with van der Waals surface area (Å²) in [5.74, 6) is 0.687. The smallest absolute Gasteiger partial charge is 0.240 e. The van der Waals surface area contributed by atoms with E-state index in [0.717, 1.165) is 38.2 Å². The van der Waals surface area contributed by atoms with E-state index in [4.69, 9.17) is 4.52 Å². The van der Waals surface area contributed by atoms with Gasteiger partial charge in [0.05, 0.1) is 12.2 Å². The number of hydrogen-bond acceptors (Lipinski definition) is 5. The van der Waals surface area contributed by atoms with Gasteiger partial charge in [0.1, 0.15) is 0 Å². The maximum absolute atomic E-state index is 12.2. The van der Waals surface area contributed by atoms with Crippen LogP contribution in [-0.2, 0) is 4.79 Å². The second kappa shape index (κ2) is 7.56. The number of hydrogen-bond donors (Lipinski definition) is 2. The zero-order valence-electron chi connectivity index (χ0n) is 13.2. The lowest BCUT2D eigenvalue weighted by Crippen LogP contribution is -2.42. The van der Waals surface area contributed by atoms with E-state index in [0.29, 0.717) is 24.4 Å². The summed E-state index contributed by atoms with van der Waals surface area (Å²) in [7, 11) is 0. The van der Waals surface area contributed by atoms with Crippen LogP contribution >= 0.6 is 0 Å². The van der Waals surface area contributed by atoms with Crippen molar-refractivity contribution >= 4 is 11.8 Å². The van der Waals surface area contributed by atoms with Gasteiger partial charge in [-0.1, -0.05) is 25.9 Å². The van der Waals surface area contributed by atoms with E-state index >= 15 is 0 Å². The summed E-state index contributed by atoms with van der Waals surface area (Å²) in [5, 5.41) is 10.1. The van der Waals surface area contributed by atoms with Crippen molar-refractivity contribution in [3.05, 3.63) is 11.8 Å². The second-order valence-corrected chi connectivity index (χ2v) is 5.94. The van der Waals surface area contributed by atoms with Gasteiger partial charge in [0.2, 0.25) is 11.8 Å². The minimum atomic E-state index is -0.0400. The quantitative estimate of drug-likeness (QED) is 0.802. The van der Waals surface area contributed by atoms with Crippen LogP contribution in [0.2, 0.25) is 0 Å². The summed E-state index contributed by atoms with van der Waals surface area (Å²) in [6, 6.07) is 2.25. The summed E-state index contributed by atoms with van der Waals surface area (Å²) < 4.78 is 5.15. The van der Waals surface area contributed by atoms with Crippen LogP contribution in [0.25, 0.3) is 0 Å². The van der Waals surface area contributed by atoms with Crippen LogP contribution in [0.15, 0.2) is 10.6 Å². The molecule has 1 atom stereocenters. The van der Waals surface area contributed by atoms with Crippen molar-refractivity contribution in [1.82, 2.24) is 15.4 Å². The molecule has 1 aliphatic heterocycles. The molecule has 0 aromatic carbocycles. The van der Waals surface area contributed by atoms with Gasteiger partial charge in [-0.15, -0.1) is 0 Å². The highest BCUT2D eigenvalue weighted by atomic mass is 16.5. The topological polar surface area (TPSA) is 70.4 Å². The number of aromatic nitrogens is 1. The van der Waals surface area contributed by atoms with Crippen LogP contribution in [0.3, 0.4) is 0 Å². The Balaban J connectivity index is 1.88. The third kappa shape index (κ3) is 4.54. The van der Waals surface area contributed by atoms with E-state index in [2.05, 4.69) is 27.6 Å². The van der Waals surface area contributed by atoms with Gasteiger partial charge in [-0.2, -0.15) is 0 Å². The fourth-order valence-corrected chi connectivity index (χ4v) is 2.61. The largest absolute Gasteiger partial charge is 0.338 e. The molecule has 1 aromatic rings. The SMILES string of the molecule is CCCN(CC(=O)Nc1cc(C(C)C)no1)C1CCNC1. The second-order valence-electron chi connectivity index (χ2n) is 5.94. The lowest BCUT2D eigenvalue weighted by atomic mass is 10.1. The number of carbonyl (C=O) groups excluding carboxylic acids is 1. The predicted octanol–water partition coefficient (Wildman–Crippen LogP) is 1.81. The highest BCUT2D eigenvalue weighted by Gasteiger charge is 2.23. The standard InChI is InChI=1S/C15H26N4O2/c1-4-7-19(12-5-6-16-9-12)10-14(20)17-15-8-13(11(2)3)18-21-15/h8,11-12,16H,4-7,9-10H2,1-3H3,(H,17,20). The average Bonchev–Trinajstić information content (AvgIpc) is 3.09. The van der Waals surface area contributed by atoms with Gasteiger partial charge in [-0.05, 0) is 31.8 Å². The Labute approximate surface area is 126 Å². The first-order chi connectivity index (χ1) is 10.1. The monoisotopic (exact) mass is 294 g/mol. The average molecular weight is 294 g/mol. The van der Waals surface area contributed by atoms with Crippen LogP contribution in [0.5, 0.6) is 0 Å². The summed E-state index contributed by atoms with van der Waals surface area (Å²) in [6.45, 7) is 9.56. The van der Waals surface area contributed by atoms with Gasteiger partial charge in [-0.3, -0.25) is 15.0 Å². The Bertz CT molecular complexity index is 452. The summed E-state index contributed by atoms with van der Waals surface area (Å²) >= 11 is 0. The number of carbonyl (C=O) groups is 1. The van der Waals surface area contributed by atoms with Crippen LogP contribution < -0.4 is 10.6 Å². The van der Waals surface area contributed by atoms with Crippen molar-refractivity contribution in [2.24, 2.45) is 0 Å². The van der Waals surface area contributed by atoms with Crippen molar-refractivity contribution in [1.29, 1.82) is 0 Å². The van der Waals surface area contributed by atoms with Crippen LogP contribution in [0, 0.1) is 0 Å². The molecular weight excluding hydrogens is 268 g/mol. The Kier molecular flexibility index (Phi) is 5.76. The molecule has 1 fully saturated rings.